The van der Waals surface area contributed by atoms with Gasteiger partial charge in [0.05, 0.1) is 6.04 Å². The summed E-state index contributed by atoms with van der Waals surface area (Å²) in [7, 11) is 0. The zero-order chi connectivity index (χ0) is 32.9. The van der Waals surface area contributed by atoms with Crippen LogP contribution in [0.5, 0.6) is 0 Å². The highest BCUT2D eigenvalue weighted by atomic mass is 16.2. The van der Waals surface area contributed by atoms with E-state index in [2.05, 4.69) is 44.9 Å². The van der Waals surface area contributed by atoms with E-state index in [0.29, 0.717) is 25.7 Å². The maximum atomic E-state index is 14.9. The van der Waals surface area contributed by atoms with Crippen molar-refractivity contribution in [3.05, 3.63) is 24.8 Å². The molecule has 10 nitrogen and oxygen atoms in total. The standard InChI is InChI=1S/C35H52N4O6/c1-6-19-36-32(44)30(42)25(21-23-15-16-23)37-31(43)26-12-11-20-38(26)33(45)29(35(5)17-8-7-9-18-35)24(34(2,3)4)22-39-27(40)13-10-14-28(39)41/h6,11-12,23-26,29H,1,7-10,13-22H2,2-5H3,(H,36,44)(H,37,43)/t24-,25?,26-,29?/m0/s1. The molecule has 0 aromatic heterocycles. The zero-order valence-electron chi connectivity index (χ0n) is 27.6. The number of carbonyl (C=O) groups excluding carboxylic acids is 6. The van der Waals surface area contributed by atoms with Gasteiger partial charge in [-0.3, -0.25) is 33.7 Å². The molecule has 0 aromatic carbocycles. The first-order valence-electron chi connectivity index (χ1n) is 16.8. The van der Waals surface area contributed by atoms with Gasteiger partial charge in [0.1, 0.15) is 6.04 Å². The van der Waals surface area contributed by atoms with E-state index in [1.54, 1.807) is 17.1 Å². The Morgan fingerprint density at radius 1 is 1.04 bits per heavy atom. The molecular weight excluding hydrogens is 572 g/mol. The summed E-state index contributed by atoms with van der Waals surface area (Å²) >= 11 is 0. The largest absolute Gasteiger partial charge is 0.346 e. The van der Waals surface area contributed by atoms with Gasteiger partial charge in [0, 0.05) is 38.4 Å². The Kier molecular flexibility index (Phi) is 11.1. The smallest absolute Gasteiger partial charge is 0.289 e. The first-order valence-corrected chi connectivity index (χ1v) is 16.8. The number of piperidine rings is 1. The lowest BCUT2D eigenvalue weighted by Crippen LogP contribution is -2.58. The molecule has 2 unspecified atom stereocenters. The van der Waals surface area contributed by atoms with E-state index < -0.39 is 41.0 Å². The number of nitrogens with one attached hydrogen (secondary N) is 2. The fourth-order valence-corrected chi connectivity index (χ4v) is 7.45. The van der Waals surface area contributed by atoms with Crippen LogP contribution in [0, 0.1) is 28.6 Å². The minimum Gasteiger partial charge on any atom is -0.346 e. The van der Waals surface area contributed by atoms with Crippen molar-refractivity contribution < 1.29 is 28.8 Å². The third-order valence-corrected chi connectivity index (χ3v) is 10.3. The highest BCUT2D eigenvalue weighted by molar-refractivity contribution is 6.38. The second-order valence-electron chi connectivity index (χ2n) is 14.9. The van der Waals surface area contributed by atoms with E-state index in [1.807, 2.05) is 0 Å². The molecule has 4 rings (SSSR count). The van der Waals surface area contributed by atoms with Crippen LogP contribution in [0.1, 0.15) is 98.3 Å². The SMILES string of the molecule is C=CCNC(=O)C(=O)C(CC1CC1)NC(=O)[C@@H]1C=CCN1C(=O)C([C@H](CN1C(=O)CCCC1=O)C(C)(C)C)C1(C)CCCCC1. The van der Waals surface area contributed by atoms with Crippen LogP contribution in [0.25, 0.3) is 0 Å². The van der Waals surface area contributed by atoms with Crippen LogP contribution in [-0.2, 0) is 28.8 Å². The Bertz CT molecular complexity index is 1190. The molecule has 10 heteroatoms. The molecule has 248 valence electrons. The first kappa shape index (κ1) is 34.6. The van der Waals surface area contributed by atoms with Crippen LogP contribution >= 0.6 is 0 Å². The number of amides is 5. The molecule has 2 saturated carbocycles. The molecule has 0 spiro atoms. The third-order valence-electron chi connectivity index (χ3n) is 10.3. The second-order valence-corrected chi connectivity index (χ2v) is 14.9. The number of rotatable bonds is 13. The van der Waals surface area contributed by atoms with Crippen molar-refractivity contribution in [2.24, 2.45) is 28.6 Å². The van der Waals surface area contributed by atoms with Crippen LogP contribution in [0.4, 0.5) is 0 Å². The predicted octanol–water partition coefficient (Wildman–Crippen LogP) is 3.70. The molecule has 4 aliphatic rings. The van der Waals surface area contributed by atoms with Crippen molar-refractivity contribution in [3.8, 4) is 0 Å². The van der Waals surface area contributed by atoms with Crippen LogP contribution < -0.4 is 10.6 Å². The molecule has 4 atom stereocenters. The highest BCUT2D eigenvalue weighted by Crippen LogP contribution is 2.51. The molecule has 45 heavy (non-hydrogen) atoms. The van der Waals surface area contributed by atoms with Gasteiger partial charge >= 0.3 is 0 Å². The van der Waals surface area contributed by atoms with E-state index in [1.165, 1.54) is 11.0 Å². The normalized spacial score (nSPS) is 23.7. The second kappa shape index (κ2) is 14.4. The lowest BCUT2D eigenvalue weighted by Gasteiger charge is -2.50. The molecular formula is C35H52N4O6. The maximum absolute atomic E-state index is 14.9. The summed E-state index contributed by atoms with van der Waals surface area (Å²) in [6.45, 7) is 12.4. The van der Waals surface area contributed by atoms with E-state index in [-0.39, 0.29) is 54.6 Å². The van der Waals surface area contributed by atoms with Crippen molar-refractivity contribution in [2.45, 2.75) is 110 Å². The molecule has 5 amide bonds. The molecule has 2 aliphatic heterocycles. The lowest BCUT2D eigenvalue weighted by atomic mass is 9.57. The maximum Gasteiger partial charge on any atom is 0.289 e. The molecule has 1 saturated heterocycles. The minimum absolute atomic E-state index is 0.145. The number of carbonyl (C=O) groups is 6. The zero-order valence-corrected chi connectivity index (χ0v) is 27.6. The van der Waals surface area contributed by atoms with Gasteiger partial charge in [-0.1, -0.05) is 78.0 Å². The molecule has 0 aromatic rings. The molecule has 2 N–H and O–H groups in total. The molecule has 3 fully saturated rings. The van der Waals surface area contributed by atoms with Crippen molar-refractivity contribution in [1.82, 2.24) is 20.4 Å². The van der Waals surface area contributed by atoms with Crippen molar-refractivity contribution in [1.29, 1.82) is 0 Å². The fourth-order valence-electron chi connectivity index (χ4n) is 7.45. The summed E-state index contributed by atoms with van der Waals surface area (Å²) in [5.74, 6) is -3.11. The van der Waals surface area contributed by atoms with Gasteiger partial charge in [-0.05, 0) is 48.3 Å². The third kappa shape index (κ3) is 8.30. The van der Waals surface area contributed by atoms with Gasteiger partial charge in [-0.15, -0.1) is 6.58 Å². The molecule has 2 aliphatic carbocycles. The summed E-state index contributed by atoms with van der Waals surface area (Å²) in [6, 6.07) is -1.91. The summed E-state index contributed by atoms with van der Waals surface area (Å²) in [5.41, 5.74) is -0.809. The Hall–Kier alpha value is -3.30. The number of hydrogen-bond acceptors (Lipinski definition) is 6. The Labute approximate surface area is 267 Å². The van der Waals surface area contributed by atoms with Crippen molar-refractivity contribution in [2.75, 3.05) is 19.6 Å². The van der Waals surface area contributed by atoms with Gasteiger partial charge in [0.25, 0.3) is 5.91 Å². The van der Waals surface area contributed by atoms with Crippen molar-refractivity contribution in [3.63, 3.8) is 0 Å². The minimum atomic E-state index is -0.981. The Morgan fingerprint density at radius 3 is 2.27 bits per heavy atom. The van der Waals surface area contributed by atoms with Crippen LogP contribution in [0.3, 0.4) is 0 Å². The van der Waals surface area contributed by atoms with Gasteiger partial charge in [0.15, 0.2) is 0 Å². The van der Waals surface area contributed by atoms with Gasteiger partial charge in [0.2, 0.25) is 29.4 Å². The van der Waals surface area contributed by atoms with E-state index in [4.69, 9.17) is 0 Å². The summed E-state index contributed by atoms with van der Waals surface area (Å²) in [6.07, 6.45) is 13.2. The van der Waals surface area contributed by atoms with E-state index in [9.17, 15) is 28.8 Å². The van der Waals surface area contributed by atoms with Crippen molar-refractivity contribution >= 4 is 35.3 Å². The first-order chi connectivity index (χ1) is 21.3. The summed E-state index contributed by atoms with van der Waals surface area (Å²) < 4.78 is 0. The number of nitrogens with zero attached hydrogens (tertiary/aromatic N) is 2. The quantitative estimate of drug-likeness (QED) is 0.182. The number of hydrogen-bond donors (Lipinski definition) is 2. The van der Waals surface area contributed by atoms with E-state index >= 15 is 0 Å². The fraction of sp³-hybridized carbons (Fsp3) is 0.714. The van der Waals surface area contributed by atoms with Gasteiger partial charge < -0.3 is 15.5 Å². The average Bonchev–Trinajstić information content (AvgIpc) is 3.66. The number of ketones is 1. The number of imide groups is 1. The molecule has 0 bridgehead atoms. The Balaban J connectivity index is 1.62. The topological polar surface area (TPSA) is 133 Å². The molecule has 2 heterocycles. The predicted molar refractivity (Wildman–Crippen MR) is 170 cm³/mol. The average molecular weight is 625 g/mol. The van der Waals surface area contributed by atoms with Crippen LogP contribution in [-0.4, -0.2) is 76.8 Å². The van der Waals surface area contributed by atoms with Crippen LogP contribution in [0.15, 0.2) is 24.8 Å². The monoisotopic (exact) mass is 624 g/mol. The number of likely N-dealkylation sites (tertiary alicyclic amines) is 1. The number of Topliss-reactive ketones (excluding diaryl/α,β-unsaturated/α-hetero) is 1. The van der Waals surface area contributed by atoms with Crippen LogP contribution in [0.2, 0.25) is 0 Å². The summed E-state index contributed by atoms with van der Waals surface area (Å²) in [5, 5.41) is 5.33. The summed E-state index contributed by atoms with van der Waals surface area (Å²) in [4.78, 5) is 83.1. The van der Waals surface area contributed by atoms with E-state index in [0.717, 1.165) is 44.9 Å². The molecule has 0 radical (unpaired) electrons. The highest BCUT2D eigenvalue weighted by Gasteiger charge is 2.52. The Morgan fingerprint density at radius 2 is 1.69 bits per heavy atom. The van der Waals surface area contributed by atoms with Gasteiger partial charge in [-0.25, -0.2) is 0 Å². The lowest BCUT2D eigenvalue weighted by molar-refractivity contribution is -0.157. The van der Waals surface area contributed by atoms with Gasteiger partial charge in [-0.2, -0.15) is 0 Å².